The van der Waals surface area contributed by atoms with Crippen LogP contribution in [0.15, 0.2) is 72.4 Å². The first-order valence-electron chi connectivity index (χ1n) is 12.1. The van der Waals surface area contributed by atoms with Gasteiger partial charge in [-0.15, -0.1) is 11.3 Å². The molecule has 0 radical (unpaired) electrons. The molecule has 0 fully saturated rings. The topological polar surface area (TPSA) is 115 Å². The molecule has 5 aromatic rings. The van der Waals surface area contributed by atoms with Gasteiger partial charge in [0.15, 0.2) is 0 Å². The highest BCUT2D eigenvalue weighted by Crippen LogP contribution is 2.25. The number of hydrogen-bond donors (Lipinski definition) is 3. The van der Waals surface area contributed by atoms with Gasteiger partial charge in [-0.3, -0.25) is 14.6 Å². The molecule has 0 saturated heterocycles. The molecule has 3 aromatic heterocycles. The lowest BCUT2D eigenvalue weighted by atomic mass is 10.0. The summed E-state index contributed by atoms with van der Waals surface area (Å²) in [5, 5.41) is 17.0. The fourth-order valence-electron chi connectivity index (χ4n) is 3.89. The van der Waals surface area contributed by atoms with E-state index in [2.05, 4.69) is 39.4 Å². The van der Waals surface area contributed by atoms with Crippen LogP contribution in [0.4, 0.5) is 0 Å². The summed E-state index contributed by atoms with van der Waals surface area (Å²) >= 11 is 1.56. The molecule has 0 saturated carbocycles. The van der Waals surface area contributed by atoms with Crippen molar-refractivity contribution in [3.05, 3.63) is 100 Å². The molecule has 5 rings (SSSR count). The Kier molecular flexibility index (Phi) is 8.60. The number of aromatic nitrogens is 5. The van der Waals surface area contributed by atoms with Crippen LogP contribution >= 0.6 is 11.3 Å². The second-order valence-corrected chi connectivity index (χ2v) is 9.39. The number of nitrogens with two attached hydrogens (primary N) is 1. The maximum Gasteiger partial charge on any atom is 0.252 e. The molecule has 4 N–H and O–H groups in total. The number of carbonyl (C=O) groups is 1. The zero-order valence-corrected chi connectivity index (χ0v) is 22.0. The number of H-pyrrole nitrogens is 1. The number of rotatable bonds is 7. The van der Waals surface area contributed by atoms with E-state index < -0.39 is 0 Å². The van der Waals surface area contributed by atoms with Gasteiger partial charge in [-0.25, -0.2) is 4.98 Å². The molecule has 0 aliphatic heterocycles. The van der Waals surface area contributed by atoms with Gasteiger partial charge in [0.1, 0.15) is 5.01 Å². The van der Waals surface area contributed by atoms with Gasteiger partial charge < -0.3 is 11.1 Å². The second-order valence-electron chi connectivity index (χ2n) is 8.53. The average Bonchev–Trinajstić information content (AvgIpc) is 3.69. The average molecular weight is 514 g/mol. The number of aromatic amines is 1. The zero-order chi connectivity index (χ0) is 26.2. The molecule has 2 aromatic carbocycles. The van der Waals surface area contributed by atoms with Crippen molar-refractivity contribution >= 4 is 17.2 Å². The Hall–Kier alpha value is -4.08. The van der Waals surface area contributed by atoms with E-state index in [4.69, 9.17) is 5.73 Å². The van der Waals surface area contributed by atoms with Crippen LogP contribution in [-0.2, 0) is 26.6 Å². The summed E-state index contributed by atoms with van der Waals surface area (Å²) in [4.78, 5) is 17.3. The van der Waals surface area contributed by atoms with E-state index >= 15 is 0 Å². The molecule has 3 heterocycles. The number of carbonyl (C=O) groups excluding carboxylic acids is 1. The van der Waals surface area contributed by atoms with Crippen molar-refractivity contribution < 1.29 is 4.79 Å². The minimum Gasteiger partial charge on any atom is -0.346 e. The number of nitrogens with one attached hydrogen (secondary N) is 2. The Bertz CT molecular complexity index is 1440. The molecule has 0 atom stereocenters. The Morgan fingerprint density at radius 2 is 1.92 bits per heavy atom. The highest BCUT2D eigenvalue weighted by Gasteiger charge is 2.14. The predicted octanol–water partition coefficient (Wildman–Crippen LogP) is 4.88. The van der Waals surface area contributed by atoms with Gasteiger partial charge in [0.05, 0.1) is 23.6 Å². The molecule has 0 aliphatic carbocycles. The van der Waals surface area contributed by atoms with Crippen molar-refractivity contribution in [2.45, 2.75) is 33.4 Å². The minimum absolute atomic E-state index is 0.146. The Labute approximate surface area is 220 Å². The van der Waals surface area contributed by atoms with E-state index in [1.807, 2.05) is 71.8 Å². The fourth-order valence-corrected chi connectivity index (χ4v) is 4.72. The summed E-state index contributed by atoms with van der Waals surface area (Å²) in [6.07, 6.45) is 4.74. The summed E-state index contributed by atoms with van der Waals surface area (Å²) in [5.41, 5.74) is 13.3. The number of nitrogens with zero attached hydrogens (tertiary/aromatic N) is 4. The number of thiazole rings is 1. The fraction of sp³-hybridized carbons (Fsp3) is 0.214. The summed E-state index contributed by atoms with van der Waals surface area (Å²) in [7, 11) is 1.95. The van der Waals surface area contributed by atoms with Gasteiger partial charge in [0.2, 0.25) is 0 Å². The van der Waals surface area contributed by atoms with Crippen molar-refractivity contribution in [2.75, 3.05) is 0 Å². The van der Waals surface area contributed by atoms with Gasteiger partial charge in [0, 0.05) is 48.1 Å². The highest BCUT2D eigenvalue weighted by molar-refractivity contribution is 7.13. The van der Waals surface area contributed by atoms with Crippen LogP contribution in [0, 0.1) is 6.92 Å². The highest BCUT2D eigenvalue weighted by atomic mass is 32.1. The molecular weight excluding hydrogens is 482 g/mol. The number of aryl methyl sites for hydroxylation is 3. The van der Waals surface area contributed by atoms with Gasteiger partial charge in [0.25, 0.3) is 5.91 Å². The molecule has 1 amide bonds. The Morgan fingerprint density at radius 1 is 1.14 bits per heavy atom. The number of hydrogen-bond acceptors (Lipinski definition) is 6. The lowest BCUT2D eigenvalue weighted by Gasteiger charge is -2.08. The third kappa shape index (κ3) is 6.58. The number of benzene rings is 2. The summed E-state index contributed by atoms with van der Waals surface area (Å²) in [5.74, 6) is -0.146. The molecule has 190 valence electrons. The monoisotopic (exact) mass is 513 g/mol. The molecule has 0 spiro atoms. The zero-order valence-electron chi connectivity index (χ0n) is 21.2. The van der Waals surface area contributed by atoms with Crippen molar-refractivity contribution in [1.29, 1.82) is 0 Å². The van der Waals surface area contributed by atoms with E-state index in [0.717, 1.165) is 39.5 Å². The van der Waals surface area contributed by atoms with E-state index in [0.29, 0.717) is 18.7 Å². The van der Waals surface area contributed by atoms with Crippen LogP contribution in [0.25, 0.3) is 21.8 Å². The van der Waals surface area contributed by atoms with Crippen molar-refractivity contribution in [1.82, 2.24) is 30.3 Å². The van der Waals surface area contributed by atoms with E-state index in [1.165, 1.54) is 11.3 Å². The lowest BCUT2D eigenvalue weighted by Crippen LogP contribution is -2.23. The first kappa shape index (κ1) is 26.0. The smallest absolute Gasteiger partial charge is 0.252 e. The summed E-state index contributed by atoms with van der Waals surface area (Å²) < 4.78 is 1.86. The van der Waals surface area contributed by atoms with Crippen LogP contribution in [0.2, 0.25) is 0 Å². The maximum atomic E-state index is 12.7. The SMILES string of the molecule is CCc1nn(C)cc1C.NCc1ccc(-c2nc(CNC(=O)c3ccccc3-c3ccn[nH]3)cs2)cc1. The third-order valence-electron chi connectivity index (χ3n) is 5.83. The normalized spacial score (nSPS) is 10.6. The second kappa shape index (κ2) is 12.2. The third-order valence-corrected chi connectivity index (χ3v) is 6.77. The van der Waals surface area contributed by atoms with Crippen molar-refractivity contribution in [3.8, 4) is 21.8 Å². The van der Waals surface area contributed by atoms with Gasteiger partial charge in [-0.2, -0.15) is 10.2 Å². The molecular formula is C28H31N7OS. The Morgan fingerprint density at radius 3 is 2.54 bits per heavy atom. The van der Waals surface area contributed by atoms with E-state index in [-0.39, 0.29) is 5.91 Å². The summed E-state index contributed by atoms with van der Waals surface area (Å²) in [6.45, 7) is 5.10. The largest absolute Gasteiger partial charge is 0.346 e. The Balaban J connectivity index is 0.000000301. The van der Waals surface area contributed by atoms with Gasteiger partial charge in [-0.1, -0.05) is 49.4 Å². The first-order valence-corrected chi connectivity index (χ1v) is 13.0. The van der Waals surface area contributed by atoms with Gasteiger partial charge >= 0.3 is 0 Å². The molecule has 0 bridgehead atoms. The molecule has 37 heavy (non-hydrogen) atoms. The van der Waals surface area contributed by atoms with Crippen LogP contribution in [-0.4, -0.2) is 30.9 Å². The van der Waals surface area contributed by atoms with Crippen LogP contribution in [0.1, 0.15) is 39.8 Å². The molecule has 0 aliphatic rings. The maximum absolute atomic E-state index is 12.7. The molecule has 9 heteroatoms. The minimum atomic E-state index is -0.146. The molecule has 0 unspecified atom stereocenters. The van der Waals surface area contributed by atoms with E-state index in [1.54, 1.807) is 23.6 Å². The van der Waals surface area contributed by atoms with E-state index in [9.17, 15) is 4.79 Å². The van der Waals surface area contributed by atoms with Crippen LogP contribution < -0.4 is 11.1 Å². The van der Waals surface area contributed by atoms with Crippen LogP contribution in [0.5, 0.6) is 0 Å². The standard InChI is InChI=1S/C21H19N5OS.C7H12N2/c22-11-14-5-7-15(8-6-14)21-25-16(13-28-21)12-23-20(27)18-4-2-1-3-17(18)19-9-10-24-26-19;1-4-7-6(2)5-9(3)8-7/h1-10,13H,11-12,22H2,(H,23,27)(H,24,26);5H,4H2,1-3H3. The first-order chi connectivity index (χ1) is 18.0. The summed E-state index contributed by atoms with van der Waals surface area (Å²) in [6, 6.07) is 17.3. The van der Waals surface area contributed by atoms with Gasteiger partial charge in [-0.05, 0) is 36.6 Å². The van der Waals surface area contributed by atoms with Crippen molar-refractivity contribution in [3.63, 3.8) is 0 Å². The van der Waals surface area contributed by atoms with Crippen molar-refractivity contribution in [2.24, 2.45) is 12.8 Å². The molecule has 8 nitrogen and oxygen atoms in total. The lowest BCUT2D eigenvalue weighted by molar-refractivity contribution is 0.0951. The number of amides is 1. The quantitative estimate of drug-likeness (QED) is 0.287. The predicted molar refractivity (Wildman–Crippen MR) is 148 cm³/mol. The van der Waals surface area contributed by atoms with Crippen LogP contribution in [0.3, 0.4) is 0 Å².